The highest BCUT2D eigenvalue weighted by Crippen LogP contribution is 2.28. The van der Waals surface area contributed by atoms with E-state index < -0.39 is 20.5 Å². The fraction of sp³-hybridized carbons (Fsp3) is 0.462. The molecule has 0 spiro atoms. The van der Waals surface area contributed by atoms with Crippen molar-refractivity contribution < 1.29 is 22.7 Å². The molecule has 6 nitrogen and oxygen atoms in total. The van der Waals surface area contributed by atoms with Gasteiger partial charge in [-0.05, 0) is 32.0 Å². The lowest BCUT2D eigenvalue weighted by Crippen LogP contribution is -2.45. The number of ether oxygens (including phenoxy) is 2. The number of carbonyl (C=O) groups excluding carboxylic acids is 1. The Bertz CT molecular complexity index is 619. The van der Waals surface area contributed by atoms with E-state index in [1.54, 1.807) is 12.1 Å². The van der Waals surface area contributed by atoms with Crippen LogP contribution in [0.2, 0.25) is 0 Å². The van der Waals surface area contributed by atoms with Gasteiger partial charge in [0.2, 0.25) is 5.91 Å². The first-order valence-electron chi connectivity index (χ1n) is 6.14. The second kappa shape index (κ2) is 5.06. The third-order valence-corrected chi connectivity index (χ3v) is 5.64. The summed E-state index contributed by atoms with van der Waals surface area (Å²) in [6.45, 7) is 3.61. The second-order valence-corrected chi connectivity index (χ2v) is 7.62. The molecule has 0 saturated carbocycles. The molecular weight excluding hydrogens is 282 g/mol. The maximum atomic E-state index is 12.4. The summed E-state index contributed by atoms with van der Waals surface area (Å²) in [5.74, 6) is -0.475. The molecule has 1 aliphatic heterocycles. The zero-order valence-electron chi connectivity index (χ0n) is 11.3. The highest BCUT2D eigenvalue weighted by atomic mass is 32.2. The fourth-order valence-corrected chi connectivity index (χ4v) is 2.89. The van der Waals surface area contributed by atoms with E-state index in [1.165, 1.54) is 26.0 Å². The number of amides is 1. The van der Waals surface area contributed by atoms with Crippen molar-refractivity contribution in [2.45, 2.75) is 29.6 Å². The minimum atomic E-state index is -3.87. The molecule has 2 N–H and O–H groups in total. The van der Waals surface area contributed by atoms with Gasteiger partial charge in [-0.2, -0.15) is 0 Å². The van der Waals surface area contributed by atoms with Gasteiger partial charge in [-0.25, -0.2) is 8.42 Å². The average molecular weight is 299 g/mol. The number of primary amides is 1. The van der Waals surface area contributed by atoms with Crippen molar-refractivity contribution in [1.29, 1.82) is 0 Å². The molecule has 1 aromatic carbocycles. The third-order valence-electron chi connectivity index (χ3n) is 3.22. The topological polar surface area (TPSA) is 99.0 Å². The first-order chi connectivity index (χ1) is 9.25. The molecule has 1 heterocycles. The number of sulfone groups is 1. The van der Waals surface area contributed by atoms with Crippen molar-refractivity contribution in [2.75, 3.05) is 13.2 Å². The molecule has 110 valence electrons. The van der Waals surface area contributed by atoms with E-state index >= 15 is 0 Å². The summed E-state index contributed by atoms with van der Waals surface area (Å²) in [5.41, 5.74) is 5.17. The van der Waals surface area contributed by atoms with Gasteiger partial charge in [0, 0.05) is 0 Å². The van der Waals surface area contributed by atoms with Crippen LogP contribution in [0.15, 0.2) is 29.2 Å². The summed E-state index contributed by atoms with van der Waals surface area (Å²) in [6.07, 6.45) is 0.0809. The van der Waals surface area contributed by atoms with Gasteiger partial charge in [0.15, 0.2) is 9.84 Å². The van der Waals surface area contributed by atoms with Crippen LogP contribution >= 0.6 is 0 Å². The Balaban J connectivity index is 2.27. The number of benzene rings is 1. The highest BCUT2D eigenvalue weighted by Gasteiger charge is 2.41. The van der Waals surface area contributed by atoms with Crippen LogP contribution in [0.3, 0.4) is 0 Å². The minimum Gasteiger partial charge on any atom is -0.491 e. The van der Waals surface area contributed by atoms with E-state index in [0.29, 0.717) is 19.0 Å². The zero-order valence-corrected chi connectivity index (χ0v) is 12.1. The van der Waals surface area contributed by atoms with Crippen LogP contribution in [0.1, 0.15) is 13.8 Å². The lowest BCUT2D eigenvalue weighted by molar-refractivity contribution is -0.119. The van der Waals surface area contributed by atoms with Crippen molar-refractivity contribution in [3.05, 3.63) is 24.3 Å². The Hall–Kier alpha value is -1.60. The van der Waals surface area contributed by atoms with E-state index in [1.807, 2.05) is 0 Å². The summed E-state index contributed by atoms with van der Waals surface area (Å²) in [4.78, 5) is 11.4. The van der Waals surface area contributed by atoms with Crippen LogP contribution in [0.5, 0.6) is 5.75 Å². The van der Waals surface area contributed by atoms with Gasteiger partial charge in [0.05, 0.1) is 11.5 Å². The normalized spacial score (nSPS) is 18.6. The molecule has 0 radical (unpaired) electrons. The van der Waals surface area contributed by atoms with E-state index in [0.717, 1.165) is 0 Å². The molecule has 1 saturated heterocycles. The molecule has 0 aromatic heterocycles. The largest absolute Gasteiger partial charge is 0.491 e. The molecule has 0 aliphatic carbocycles. The van der Waals surface area contributed by atoms with Crippen LogP contribution in [-0.4, -0.2) is 38.4 Å². The minimum absolute atomic E-state index is 0.00974. The molecule has 0 bridgehead atoms. The monoisotopic (exact) mass is 299 g/mol. The smallest absolute Gasteiger partial charge is 0.238 e. The van der Waals surface area contributed by atoms with Gasteiger partial charge in [-0.1, -0.05) is 6.07 Å². The van der Waals surface area contributed by atoms with Gasteiger partial charge in [-0.15, -0.1) is 0 Å². The Kier molecular flexibility index (Phi) is 3.75. The van der Waals surface area contributed by atoms with Crippen LogP contribution < -0.4 is 10.5 Å². The SMILES string of the molecule is CC(C)(C(N)=O)S(=O)(=O)c1cccc(OCC2CO2)c1. The lowest BCUT2D eigenvalue weighted by atomic mass is 10.2. The van der Waals surface area contributed by atoms with Crippen molar-refractivity contribution in [2.24, 2.45) is 5.73 Å². The maximum Gasteiger partial charge on any atom is 0.238 e. The van der Waals surface area contributed by atoms with Gasteiger partial charge in [0.1, 0.15) is 23.2 Å². The standard InChI is InChI=1S/C13H17NO5S/c1-13(2,12(14)15)20(16,17)11-5-3-4-9(6-11)18-7-10-8-19-10/h3-6,10H,7-8H2,1-2H3,(H2,14,15). The number of hydrogen-bond donors (Lipinski definition) is 1. The Morgan fingerprint density at radius 2 is 2.15 bits per heavy atom. The number of epoxide rings is 1. The Labute approximate surface area is 117 Å². The van der Waals surface area contributed by atoms with Crippen LogP contribution in [0.25, 0.3) is 0 Å². The summed E-state index contributed by atoms with van der Waals surface area (Å²) in [5, 5.41) is 0. The first-order valence-corrected chi connectivity index (χ1v) is 7.62. The van der Waals surface area contributed by atoms with Crippen LogP contribution in [0.4, 0.5) is 0 Å². The molecule has 1 fully saturated rings. The summed E-state index contributed by atoms with van der Waals surface area (Å²) < 4.78 is 33.6. The van der Waals surface area contributed by atoms with Gasteiger partial charge in [-0.3, -0.25) is 4.79 Å². The molecular formula is C13H17NO5S. The molecule has 7 heteroatoms. The summed E-state index contributed by atoms with van der Waals surface area (Å²) >= 11 is 0. The molecule has 1 amide bonds. The van der Waals surface area contributed by atoms with Crippen molar-refractivity contribution in [1.82, 2.24) is 0 Å². The molecule has 1 atom stereocenters. The average Bonchev–Trinajstić information content (AvgIpc) is 3.20. The van der Waals surface area contributed by atoms with Gasteiger partial charge < -0.3 is 15.2 Å². The van der Waals surface area contributed by atoms with E-state index in [9.17, 15) is 13.2 Å². The quantitative estimate of drug-likeness (QED) is 0.771. The van der Waals surface area contributed by atoms with Crippen LogP contribution in [0, 0.1) is 0 Å². The lowest BCUT2D eigenvalue weighted by Gasteiger charge is -2.21. The predicted octanol–water partition coefficient (Wildman–Crippen LogP) is 0.502. The van der Waals surface area contributed by atoms with Crippen molar-refractivity contribution in [3.63, 3.8) is 0 Å². The third kappa shape index (κ3) is 2.78. The summed E-state index contributed by atoms with van der Waals surface area (Å²) in [7, 11) is -3.87. The van der Waals surface area contributed by atoms with Crippen molar-refractivity contribution >= 4 is 15.7 Å². The molecule has 20 heavy (non-hydrogen) atoms. The van der Waals surface area contributed by atoms with E-state index in [-0.39, 0.29) is 11.0 Å². The molecule has 1 unspecified atom stereocenters. The Morgan fingerprint density at radius 1 is 1.50 bits per heavy atom. The molecule has 1 aromatic rings. The molecule has 1 aliphatic rings. The number of rotatable bonds is 6. The fourth-order valence-electron chi connectivity index (χ4n) is 1.51. The predicted molar refractivity (Wildman–Crippen MR) is 72.1 cm³/mol. The summed E-state index contributed by atoms with van der Waals surface area (Å²) in [6, 6.07) is 6.02. The van der Waals surface area contributed by atoms with E-state index in [4.69, 9.17) is 15.2 Å². The second-order valence-electron chi connectivity index (χ2n) is 5.12. The van der Waals surface area contributed by atoms with Gasteiger partial charge >= 0.3 is 0 Å². The first kappa shape index (κ1) is 14.8. The zero-order chi connectivity index (χ0) is 15.0. The van der Waals surface area contributed by atoms with Crippen molar-refractivity contribution in [3.8, 4) is 5.75 Å². The maximum absolute atomic E-state index is 12.4. The molecule has 2 rings (SSSR count). The number of hydrogen-bond acceptors (Lipinski definition) is 5. The van der Waals surface area contributed by atoms with E-state index in [2.05, 4.69) is 0 Å². The number of carbonyl (C=O) groups is 1. The highest BCUT2D eigenvalue weighted by molar-refractivity contribution is 7.93. The van der Waals surface area contributed by atoms with Gasteiger partial charge in [0.25, 0.3) is 0 Å². The Morgan fingerprint density at radius 3 is 2.70 bits per heavy atom. The van der Waals surface area contributed by atoms with Crippen LogP contribution in [-0.2, 0) is 19.4 Å². The number of nitrogens with two attached hydrogens (primary N) is 1.